The highest BCUT2D eigenvalue weighted by Gasteiger charge is 2.44. The van der Waals surface area contributed by atoms with E-state index in [1.54, 1.807) is 4.57 Å². The summed E-state index contributed by atoms with van der Waals surface area (Å²) in [6.45, 7) is -0.395. The SMILES string of the molecule is OC[C@H]1OC(n2cnc3c(-c4cccc(-c5ccccc5)c4)ncnc32)[C@H](O)[C@@H]1O. The van der Waals surface area contributed by atoms with E-state index < -0.39 is 31.1 Å². The van der Waals surface area contributed by atoms with E-state index in [9.17, 15) is 15.3 Å². The molecule has 0 saturated carbocycles. The summed E-state index contributed by atoms with van der Waals surface area (Å²) in [5.41, 5.74) is 4.73. The molecule has 8 heteroatoms. The number of hydrogen-bond donors (Lipinski definition) is 3. The van der Waals surface area contributed by atoms with E-state index in [1.807, 2.05) is 54.6 Å². The largest absolute Gasteiger partial charge is 0.394 e. The third-order valence-corrected chi connectivity index (χ3v) is 5.39. The summed E-state index contributed by atoms with van der Waals surface area (Å²) in [5, 5.41) is 29.8. The molecule has 0 radical (unpaired) electrons. The number of aliphatic hydroxyl groups excluding tert-OH is 3. The summed E-state index contributed by atoms with van der Waals surface area (Å²) >= 11 is 0. The summed E-state index contributed by atoms with van der Waals surface area (Å²) in [6.07, 6.45) is -1.23. The van der Waals surface area contributed by atoms with Crippen molar-refractivity contribution in [3.63, 3.8) is 0 Å². The summed E-state index contributed by atoms with van der Waals surface area (Å²) in [5.74, 6) is 0. The smallest absolute Gasteiger partial charge is 0.166 e. The second-order valence-electron chi connectivity index (χ2n) is 7.22. The van der Waals surface area contributed by atoms with Crippen LogP contribution in [-0.4, -0.2) is 59.8 Å². The highest BCUT2D eigenvalue weighted by molar-refractivity contribution is 5.88. The average molecular weight is 404 g/mol. The van der Waals surface area contributed by atoms with Crippen molar-refractivity contribution >= 4 is 11.2 Å². The van der Waals surface area contributed by atoms with Gasteiger partial charge in [0.2, 0.25) is 0 Å². The molecule has 1 aliphatic heterocycles. The van der Waals surface area contributed by atoms with Crippen LogP contribution in [0.1, 0.15) is 6.23 Å². The van der Waals surface area contributed by atoms with Gasteiger partial charge in [-0.1, -0.05) is 48.5 Å². The van der Waals surface area contributed by atoms with Gasteiger partial charge < -0.3 is 20.1 Å². The van der Waals surface area contributed by atoms with E-state index in [2.05, 4.69) is 15.0 Å². The first-order chi connectivity index (χ1) is 14.7. The molecule has 0 aliphatic carbocycles. The first kappa shape index (κ1) is 18.8. The molecule has 152 valence electrons. The lowest BCUT2D eigenvalue weighted by atomic mass is 10.0. The summed E-state index contributed by atoms with van der Waals surface area (Å²) < 4.78 is 7.18. The molecule has 0 bridgehead atoms. The maximum Gasteiger partial charge on any atom is 0.166 e. The number of benzene rings is 2. The molecular formula is C22H20N4O4. The van der Waals surface area contributed by atoms with E-state index >= 15 is 0 Å². The van der Waals surface area contributed by atoms with Crippen molar-refractivity contribution in [1.82, 2.24) is 19.5 Å². The fourth-order valence-corrected chi connectivity index (χ4v) is 3.84. The minimum absolute atomic E-state index is 0.395. The van der Waals surface area contributed by atoms with E-state index in [0.29, 0.717) is 16.9 Å². The monoisotopic (exact) mass is 404 g/mol. The predicted octanol–water partition coefficient (Wildman–Crippen LogP) is 1.77. The maximum absolute atomic E-state index is 10.4. The van der Waals surface area contributed by atoms with Crippen LogP contribution in [0, 0.1) is 0 Å². The van der Waals surface area contributed by atoms with Crippen molar-refractivity contribution in [3.05, 3.63) is 67.3 Å². The molecule has 3 N–H and O–H groups in total. The van der Waals surface area contributed by atoms with Crippen molar-refractivity contribution in [2.24, 2.45) is 0 Å². The van der Waals surface area contributed by atoms with Gasteiger partial charge >= 0.3 is 0 Å². The number of rotatable bonds is 4. The molecule has 1 aliphatic rings. The molecule has 30 heavy (non-hydrogen) atoms. The minimum Gasteiger partial charge on any atom is -0.394 e. The van der Waals surface area contributed by atoms with E-state index in [4.69, 9.17) is 4.74 Å². The third-order valence-electron chi connectivity index (χ3n) is 5.39. The highest BCUT2D eigenvalue weighted by atomic mass is 16.6. The topological polar surface area (TPSA) is 114 Å². The molecule has 0 spiro atoms. The Balaban J connectivity index is 1.57. The number of imidazole rings is 1. The van der Waals surface area contributed by atoms with Crippen LogP contribution in [0.25, 0.3) is 33.5 Å². The number of aliphatic hydroxyl groups is 3. The van der Waals surface area contributed by atoms with E-state index in [-0.39, 0.29) is 0 Å². The van der Waals surface area contributed by atoms with Gasteiger partial charge in [0.05, 0.1) is 12.9 Å². The highest BCUT2D eigenvalue weighted by Crippen LogP contribution is 2.33. The fraction of sp³-hybridized carbons (Fsp3) is 0.227. The van der Waals surface area contributed by atoms with Gasteiger partial charge in [-0.15, -0.1) is 0 Å². The van der Waals surface area contributed by atoms with Crippen molar-refractivity contribution in [1.29, 1.82) is 0 Å². The Morgan fingerprint density at radius 1 is 0.867 bits per heavy atom. The molecule has 0 amide bonds. The van der Waals surface area contributed by atoms with Gasteiger partial charge in [-0.2, -0.15) is 0 Å². The maximum atomic E-state index is 10.4. The molecule has 4 aromatic rings. The second-order valence-corrected chi connectivity index (χ2v) is 7.22. The molecular weight excluding hydrogens is 384 g/mol. The molecule has 1 fully saturated rings. The third kappa shape index (κ3) is 3.06. The van der Waals surface area contributed by atoms with Crippen LogP contribution >= 0.6 is 0 Å². The number of aromatic nitrogens is 4. The molecule has 4 atom stereocenters. The number of hydrogen-bond acceptors (Lipinski definition) is 7. The average Bonchev–Trinajstić information content (AvgIpc) is 3.35. The van der Waals surface area contributed by atoms with Crippen LogP contribution < -0.4 is 0 Å². The van der Waals surface area contributed by atoms with E-state index in [1.165, 1.54) is 12.7 Å². The van der Waals surface area contributed by atoms with E-state index in [0.717, 1.165) is 16.7 Å². The Morgan fingerprint density at radius 3 is 2.40 bits per heavy atom. The Bertz CT molecular complexity index is 1180. The van der Waals surface area contributed by atoms with Crippen molar-refractivity contribution in [3.8, 4) is 22.4 Å². The molecule has 2 aromatic heterocycles. The van der Waals surface area contributed by atoms with Gasteiger partial charge in [-0.05, 0) is 17.2 Å². The zero-order valence-corrected chi connectivity index (χ0v) is 15.9. The van der Waals surface area contributed by atoms with Crippen LogP contribution in [0.5, 0.6) is 0 Å². The van der Waals surface area contributed by atoms with Crippen molar-refractivity contribution < 1.29 is 20.1 Å². The molecule has 1 unspecified atom stereocenters. The quantitative estimate of drug-likeness (QED) is 0.475. The number of ether oxygens (including phenoxy) is 1. The summed E-state index contributed by atoms with van der Waals surface area (Å²) in [7, 11) is 0. The van der Waals surface area contributed by atoms with Gasteiger partial charge in [0.1, 0.15) is 35.8 Å². The Hall–Kier alpha value is -3.17. The van der Waals surface area contributed by atoms with Crippen LogP contribution in [0.15, 0.2) is 67.3 Å². The lowest BCUT2D eigenvalue weighted by Crippen LogP contribution is -2.33. The zero-order chi connectivity index (χ0) is 20.7. The summed E-state index contributed by atoms with van der Waals surface area (Å²) in [6, 6.07) is 18.1. The molecule has 3 heterocycles. The lowest BCUT2D eigenvalue weighted by molar-refractivity contribution is -0.0511. The van der Waals surface area contributed by atoms with Gasteiger partial charge in [0.25, 0.3) is 0 Å². The first-order valence-electron chi connectivity index (χ1n) is 9.63. The lowest BCUT2D eigenvalue weighted by Gasteiger charge is -2.16. The fourth-order valence-electron chi connectivity index (χ4n) is 3.84. The Labute approximate surface area is 172 Å². The van der Waals surface area contributed by atoms with Gasteiger partial charge in [0.15, 0.2) is 11.9 Å². The summed E-state index contributed by atoms with van der Waals surface area (Å²) in [4.78, 5) is 13.2. The van der Waals surface area contributed by atoms with Crippen LogP contribution in [0.4, 0.5) is 0 Å². The zero-order valence-electron chi connectivity index (χ0n) is 15.9. The van der Waals surface area contributed by atoms with Crippen molar-refractivity contribution in [2.45, 2.75) is 24.5 Å². The van der Waals surface area contributed by atoms with Gasteiger partial charge in [0, 0.05) is 5.56 Å². The molecule has 2 aromatic carbocycles. The standard InChI is InChI=1S/C22H20N4O4/c27-10-16-19(28)20(29)22(30-16)26-12-25-18-17(23-11-24-21(18)26)15-8-4-7-14(9-15)13-5-2-1-3-6-13/h1-9,11-12,16,19-20,22,27-29H,10H2/t16-,19-,20-,22?/m1/s1. The van der Waals surface area contributed by atoms with Crippen LogP contribution in [-0.2, 0) is 4.74 Å². The number of fused-ring (bicyclic) bond motifs is 1. The Kier molecular flexibility index (Phi) is 4.76. The molecule has 1 saturated heterocycles. The minimum atomic E-state index is -1.21. The van der Waals surface area contributed by atoms with Crippen molar-refractivity contribution in [2.75, 3.05) is 6.61 Å². The predicted molar refractivity (Wildman–Crippen MR) is 109 cm³/mol. The Morgan fingerprint density at radius 2 is 1.63 bits per heavy atom. The van der Waals surface area contributed by atoms with Crippen LogP contribution in [0.2, 0.25) is 0 Å². The molecule has 8 nitrogen and oxygen atoms in total. The second kappa shape index (κ2) is 7.58. The van der Waals surface area contributed by atoms with Gasteiger partial charge in [-0.3, -0.25) is 4.57 Å². The normalized spacial score (nSPS) is 23.8. The van der Waals surface area contributed by atoms with Gasteiger partial charge in [-0.25, -0.2) is 15.0 Å². The van der Waals surface area contributed by atoms with Crippen LogP contribution in [0.3, 0.4) is 0 Å². The number of nitrogens with zero attached hydrogens (tertiary/aromatic N) is 4. The first-order valence-corrected chi connectivity index (χ1v) is 9.63. The molecule has 5 rings (SSSR count).